The standard InChI is InChI=1S/C24H25ClN4O4/c1-5-31-22(30)14-29(4)13-16-6-8-19(20(25)10-16)23-27-24(33-28-23)17-7-9-21(32-15(2)3)18(11-17)12-26/h6-11,15H,5,13-14H2,1-4H3. The van der Waals surface area contributed by atoms with Crippen LogP contribution in [0, 0.1) is 11.3 Å². The first kappa shape index (κ1) is 24.2. The molecule has 0 atom stereocenters. The highest BCUT2D eigenvalue weighted by atomic mass is 35.5. The maximum Gasteiger partial charge on any atom is 0.320 e. The highest BCUT2D eigenvalue weighted by Crippen LogP contribution is 2.31. The van der Waals surface area contributed by atoms with Gasteiger partial charge in [0.05, 0.1) is 29.8 Å². The van der Waals surface area contributed by atoms with Gasteiger partial charge in [-0.05, 0) is 63.7 Å². The van der Waals surface area contributed by atoms with Gasteiger partial charge in [-0.2, -0.15) is 10.2 Å². The van der Waals surface area contributed by atoms with Gasteiger partial charge in [0.15, 0.2) is 0 Å². The molecule has 0 fully saturated rings. The van der Waals surface area contributed by atoms with Crippen LogP contribution in [0.2, 0.25) is 5.02 Å². The number of aromatic nitrogens is 2. The van der Waals surface area contributed by atoms with Gasteiger partial charge in [-0.15, -0.1) is 0 Å². The van der Waals surface area contributed by atoms with Gasteiger partial charge < -0.3 is 14.0 Å². The molecule has 0 aliphatic rings. The number of ether oxygens (including phenoxy) is 2. The van der Waals surface area contributed by atoms with E-state index in [0.717, 1.165) is 5.56 Å². The maximum absolute atomic E-state index is 11.6. The molecule has 0 saturated heterocycles. The molecule has 0 spiro atoms. The lowest BCUT2D eigenvalue weighted by atomic mass is 10.1. The lowest BCUT2D eigenvalue weighted by Crippen LogP contribution is -2.27. The van der Waals surface area contributed by atoms with E-state index in [2.05, 4.69) is 16.2 Å². The number of nitrogens with zero attached hydrogens (tertiary/aromatic N) is 4. The Morgan fingerprint density at radius 1 is 1.27 bits per heavy atom. The number of esters is 1. The van der Waals surface area contributed by atoms with Crippen LogP contribution in [0.3, 0.4) is 0 Å². The first-order valence-electron chi connectivity index (χ1n) is 10.5. The van der Waals surface area contributed by atoms with Crippen LogP contribution in [-0.4, -0.2) is 47.3 Å². The Balaban J connectivity index is 1.76. The number of hydrogen-bond acceptors (Lipinski definition) is 8. The molecule has 33 heavy (non-hydrogen) atoms. The fourth-order valence-electron chi connectivity index (χ4n) is 3.19. The van der Waals surface area contributed by atoms with Crippen LogP contribution < -0.4 is 4.74 Å². The van der Waals surface area contributed by atoms with Crippen LogP contribution in [0.25, 0.3) is 22.8 Å². The van der Waals surface area contributed by atoms with Crippen LogP contribution in [-0.2, 0) is 16.1 Å². The molecule has 0 aliphatic heterocycles. The summed E-state index contributed by atoms with van der Waals surface area (Å²) in [5, 5.41) is 13.9. The van der Waals surface area contributed by atoms with E-state index in [9.17, 15) is 10.1 Å². The summed E-state index contributed by atoms with van der Waals surface area (Å²) in [5.74, 6) is 0.835. The van der Waals surface area contributed by atoms with Crippen molar-refractivity contribution in [3.05, 3.63) is 52.5 Å². The third kappa shape index (κ3) is 6.31. The minimum atomic E-state index is -0.273. The number of nitriles is 1. The van der Waals surface area contributed by atoms with Gasteiger partial charge >= 0.3 is 5.97 Å². The second-order valence-electron chi connectivity index (χ2n) is 7.70. The van der Waals surface area contributed by atoms with Crippen LogP contribution in [0.4, 0.5) is 0 Å². The molecule has 0 amide bonds. The first-order valence-corrected chi connectivity index (χ1v) is 10.9. The highest BCUT2D eigenvalue weighted by molar-refractivity contribution is 6.33. The number of carbonyl (C=O) groups is 1. The Hall–Kier alpha value is -3.41. The second kappa shape index (κ2) is 10.9. The quantitative estimate of drug-likeness (QED) is 0.416. The molecule has 3 aromatic rings. The molecule has 9 heteroatoms. The zero-order valence-corrected chi connectivity index (χ0v) is 19.7. The largest absolute Gasteiger partial charge is 0.490 e. The van der Waals surface area contributed by atoms with Gasteiger partial charge in [0.2, 0.25) is 5.82 Å². The Labute approximate surface area is 197 Å². The fraction of sp³-hybridized carbons (Fsp3) is 0.333. The summed E-state index contributed by atoms with van der Waals surface area (Å²) in [6.45, 7) is 6.64. The summed E-state index contributed by atoms with van der Waals surface area (Å²) in [6.07, 6.45) is -0.0481. The Morgan fingerprint density at radius 2 is 2.06 bits per heavy atom. The predicted molar refractivity (Wildman–Crippen MR) is 124 cm³/mol. The van der Waals surface area contributed by atoms with Gasteiger partial charge in [0, 0.05) is 17.7 Å². The Bertz CT molecular complexity index is 1170. The van der Waals surface area contributed by atoms with Crippen molar-refractivity contribution in [1.29, 1.82) is 5.26 Å². The molecule has 2 aromatic carbocycles. The molecule has 0 saturated carbocycles. The van der Waals surface area contributed by atoms with E-state index in [1.54, 1.807) is 31.2 Å². The van der Waals surface area contributed by atoms with Gasteiger partial charge in [0.1, 0.15) is 11.8 Å². The summed E-state index contributed by atoms with van der Waals surface area (Å²) in [6, 6.07) is 12.8. The summed E-state index contributed by atoms with van der Waals surface area (Å²) in [7, 11) is 1.83. The third-order valence-electron chi connectivity index (χ3n) is 4.57. The van der Waals surface area contributed by atoms with Crippen molar-refractivity contribution in [1.82, 2.24) is 15.0 Å². The topological polar surface area (TPSA) is 101 Å². The molecule has 3 rings (SSSR count). The van der Waals surface area contributed by atoms with Crippen LogP contribution in [0.1, 0.15) is 31.9 Å². The van der Waals surface area contributed by atoms with Gasteiger partial charge in [-0.1, -0.05) is 22.8 Å². The van der Waals surface area contributed by atoms with Crippen LogP contribution in [0.5, 0.6) is 5.75 Å². The molecule has 0 unspecified atom stereocenters. The Morgan fingerprint density at radius 3 is 2.73 bits per heavy atom. The van der Waals surface area contributed by atoms with E-state index in [1.807, 2.05) is 37.9 Å². The van der Waals surface area contributed by atoms with Crippen molar-refractivity contribution in [2.75, 3.05) is 20.2 Å². The van der Waals surface area contributed by atoms with Crippen molar-refractivity contribution in [3.63, 3.8) is 0 Å². The van der Waals surface area contributed by atoms with Gasteiger partial charge in [-0.3, -0.25) is 9.69 Å². The van der Waals surface area contributed by atoms with E-state index >= 15 is 0 Å². The first-order chi connectivity index (χ1) is 15.8. The monoisotopic (exact) mass is 468 g/mol. The highest BCUT2D eigenvalue weighted by Gasteiger charge is 2.16. The number of rotatable bonds is 9. The van der Waals surface area contributed by atoms with E-state index in [1.165, 1.54) is 0 Å². The van der Waals surface area contributed by atoms with E-state index in [4.69, 9.17) is 25.6 Å². The second-order valence-corrected chi connectivity index (χ2v) is 8.11. The zero-order chi connectivity index (χ0) is 24.0. The van der Waals surface area contributed by atoms with Crippen molar-refractivity contribution < 1.29 is 18.8 Å². The molecule has 8 nitrogen and oxygen atoms in total. The summed E-state index contributed by atoms with van der Waals surface area (Å²) in [5.41, 5.74) is 2.53. The maximum atomic E-state index is 11.6. The molecular weight excluding hydrogens is 444 g/mol. The average molecular weight is 469 g/mol. The fourth-order valence-corrected chi connectivity index (χ4v) is 3.48. The summed E-state index contributed by atoms with van der Waals surface area (Å²) in [4.78, 5) is 17.9. The van der Waals surface area contributed by atoms with E-state index in [-0.39, 0.29) is 24.5 Å². The number of benzene rings is 2. The average Bonchev–Trinajstić information content (AvgIpc) is 3.23. The minimum absolute atomic E-state index is 0.0481. The number of likely N-dealkylation sites (N-methyl/N-ethyl adjacent to an activating group) is 1. The number of halogens is 1. The molecule has 1 aromatic heterocycles. The van der Waals surface area contributed by atoms with Crippen LogP contribution >= 0.6 is 11.6 Å². The van der Waals surface area contributed by atoms with E-state index < -0.39 is 0 Å². The Kier molecular flexibility index (Phi) is 8.04. The minimum Gasteiger partial charge on any atom is -0.490 e. The molecular formula is C24H25ClN4O4. The lowest BCUT2D eigenvalue weighted by Gasteiger charge is -2.16. The molecule has 0 radical (unpaired) electrons. The molecule has 172 valence electrons. The normalized spacial score (nSPS) is 11.0. The smallest absolute Gasteiger partial charge is 0.320 e. The zero-order valence-electron chi connectivity index (χ0n) is 19.0. The van der Waals surface area contributed by atoms with E-state index in [0.29, 0.717) is 46.4 Å². The van der Waals surface area contributed by atoms with Crippen molar-refractivity contribution >= 4 is 17.6 Å². The number of carbonyl (C=O) groups excluding carboxylic acids is 1. The lowest BCUT2D eigenvalue weighted by molar-refractivity contribution is -0.144. The molecule has 0 aliphatic carbocycles. The molecule has 0 N–H and O–H groups in total. The summed E-state index contributed by atoms with van der Waals surface area (Å²) < 4.78 is 16.0. The van der Waals surface area contributed by atoms with Crippen LogP contribution in [0.15, 0.2) is 40.9 Å². The SMILES string of the molecule is CCOC(=O)CN(C)Cc1ccc(-c2noc(-c3ccc(OC(C)C)c(C#N)c3)n2)c(Cl)c1. The predicted octanol–water partition coefficient (Wildman–Crippen LogP) is 4.71. The van der Waals surface area contributed by atoms with Crippen molar-refractivity contribution in [2.45, 2.75) is 33.4 Å². The van der Waals surface area contributed by atoms with Crippen molar-refractivity contribution in [3.8, 4) is 34.7 Å². The molecule has 1 heterocycles. The van der Waals surface area contributed by atoms with Gasteiger partial charge in [-0.25, -0.2) is 0 Å². The molecule has 0 bridgehead atoms. The number of hydrogen-bond donors (Lipinski definition) is 0. The third-order valence-corrected chi connectivity index (χ3v) is 4.88. The summed E-state index contributed by atoms with van der Waals surface area (Å²) >= 11 is 6.48. The van der Waals surface area contributed by atoms with Gasteiger partial charge in [0.25, 0.3) is 5.89 Å². The van der Waals surface area contributed by atoms with Crippen molar-refractivity contribution in [2.24, 2.45) is 0 Å².